The largest absolute Gasteiger partial charge is 0.400 e. The number of hydrogen-bond acceptors (Lipinski definition) is 7. The molecule has 1 amide bonds. The lowest BCUT2D eigenvalue weighted by Crippen LogP contribution is -2.11. The van der Waals surface area contributed by atoms with E-state index in [0.717, 1.165) is 10.6 Å². The van der Waals surface area contributed by atoms with E-state index in [9.17, 15) is 9.18 Å². The average molecular weight is 348 g/mol. The lowest BCUT2D eigenvalue weighted by atomic mass is 10.3. The van der Waals surface area contributed by atoms with Crippen LogP contribution in [0.25, 0.3) is 11.7 Å². The van der Waals surface area contributed by atoms with E-state index in [-0.39, 0.29) is 23.6 Å². The van der Waals surface area contributed by atoms with E-state index in [1.165, 1.54) is 18.3 Å². The molecule has 2 heterocycles. The van der Waals surface area contributed by atoms with Gasteiger partial charge in [0.05, 0.1) is 6.20 Å². The predicted molar refractivity (Wildman–Crippen MR) is 84.8 cm³/mol. The lowest BCUT2D eigenvalue weighted by molar-refractivity contribution is -0.116. The molecule has 0 bridgehead atoms. The van der Waals surface area contributed by atoms with Crippen LogP contribution in [0.15, 0.2) is 50.4 Å². The van der Waals surface area contributed by atoms with Crippen molar-refractivity contribution in [2.45, 2.75) is 17.7 Å². The molecule has 0 unspecified atom stereocenters. The van der Waals surface area contributed by atoms with Crippen molar-refractivity contribution in [3.8, 4) is 11.7 Å². The summed E-state index contributed by atoms with van der Waals surface area (Å²) < 4.78 is 22.9. The first-order chi connectivity index (χ1) is 11.7. The van der Waals surface area contributed by atoms with Gasteiger partial charge in [0.15, 0.2) is 0 Å². The number of carbonyl (C=O) groups is 1. The molecule has 9 heteroatoms. The number of nitrogens with one attached hydrogen (secondary N) is 1. The molecule has 0 aliphatic heterocycles. The van der Waals surface area contributed by atoms with E-state index in [2.05, 4.69) is 20.7 Å². The van der Waals surface area contributed by atoms with Gasteiger partial charge in [-0.1, -0.05) is 10.3 Å². The van der Waals surface area contributed by atoms with Crippen LogP contribution < -0.4 is 5.32 Å². The number of carbonyl (C=O) groups excluding carboxylic acids is 1. The van der Waals surface area contributed by atoms with Gasteiger partial charge in [-0.2, -0.15) is 0 Å². The molecule has 0 fully saturated rings. The van der Waals surface area contributed by atoms with E-state index in [1.54, 1.807) is 30.0 Å². The third kappa shape index (κ3) is 4.42. The minimum Gasteiger partial charge on any atom is -0.400 e. The van der Waals surface area contributed by atoms with Crippen LogP contribution in [0.4, 0.5) is 10.4 Å². The Morgan fingerprint density at radius 1 is 1.21 bits per heavy atom. The van der Waals surface area contributed by atoms with Crippen LogP contribution in [0.2, 0.25) is 0 Å². The molecule has 0 saturated carbocycles. The summed E-state index contributed by atoms with van der Waals surface area (Å²) in [6.45, 7) is 0. The van der Waals surface area contributed by atoms with Crippen molar-refractivity contribution in [3.05, 3.63) is 42.3 Å². The molecule has 1 aromatic carbocycles. The monoisotopic (exact) mass is 348 g/mol. The van der Waals surface area contributed by atoms with Crippen LogP contribution in [-0.4, -0.2) is 27.0 Å². The fraction of sp³-hybridized carbons (Fsp3) is 0.200. The van der Waals surface area contributed by atoms with Crippen LogP contribution in [0, 0.1) is 5.82 Å². The number of rotatable bonds is 7. The molecule has 0 atom stereocenters. The van der Waals surface area contributed by atoms with Gasteiger partial charge in [0.25, 0.3) is 5.89 Å². The molecule has 3 rings (SSSR count). The summed E-state index contributed by atoms with van der Waals surface area (Å²) >= 11 is 1.56. The topological polar surface area (TPSA) is 94.1 Å². The maximum atomic E-state index is 12.8. The van der Waals surface area contributed by atoms with Gasteiger partial charge in [0.1, 0.15) is 5.82 Å². The summed E-state index contributed by atoms with van der Waals surface area (Å²) in [5.41, 5.74) is 0. The molecule has 0 aliphatic carbocycles. The van der Waals surface area contributed by atoms with Crippen molar-refractivity contribution in [3.63, 3.8) is 0 Å². The SMILES string of the molecule is O=C(CCCSc1ccc(F)cc1)Nc1nnc(-c2ccno2)o1. The number of anilines is 1. The second-order valence-corrected chi connectivity index (χ2v) is 5.91. The van der Waals surface area contributed by atoms with E-state index < -0.39 is 0 Å². The van der Waals surface area contributed by atoms with Gasteiger partial charge in [-0.15, -0.1) is 16.9 Å². The van der Waals surface area contributed by atoms with Gasteiger partial charge >= 0.3 is 6.01 Å². The molecular formula is C15H13FN4O3S. The fourth-order valence-corrected chi connectivity index (χ4v) is 2.69. The van der Waals surface area contributed by atoms with Gasteiger partial charge in [0, 0.05) is 17.4 Å². The smallest absolute Gasteiger partial charge is 0.322 e. The molecule has 7 nitrogen and oxygen atoms in total. The molecular weight excluding hydrogens is 335 g/mol. The van der Waals surface area contributed by atoms with E-state index >= 15 is 0 Å². The molecule has 0 radical (unpaired) electrons. The molecule has 0 aliphatic rings. The van der Waals surface area contributed by atoms with Crippen LogP contribution in [0.3, 0.4) is 0 Å². The quantitative estimate of drug-likeness (QED) is 0.517. The Balaban J connectivity index is 1.40. The normalized spacial score (nSPS) is 10.7. The highest BCUT2D eigenvalue weighted by Crippen LogP contribution is 2.20. The summed E-state index contributed by atoms with van der Waals surface area (Å²) in [7, 11) is 0. The van der Waals surface area contributed by atoms with E-state index in [4.69, 9.17) is 8.94 Å². The predicted octanol–water partition coefficient (Wildman–Crippen LogP) is 3.37. The van der Waals surface area contributed by atoms with Crippen LogP contribution in [0.1, 0.15) is 12.8 Å². The average Bonchev–Trinajstić information content (AvgIpc) is 3.24. The summed E-state index contributed by atoms with van der Waals surface area (Å²) in [6, 6.07) is 7.84. The molecule has 0 spiro atoms. The highest BCUT2D eigenvalue weighted by Gasteiger charge is 2.13. The lowest BCUT2D eigenvalue weighted by Gasteiger charge is -2.02. The maximum absolute atomic E-state index is 12.8. The zero-order valence-electron chi connectivity index (χ0n) is 12.4. The molecule has 124 valence electrons. The summed E-state index contributed by atoms with van der Waals surface area (Å²) in [6.07, 6.45) is 2.43. The Labute approximate surface area is 140 Å². The van der Waals surface area contributed by atoms with Crippen LogP contribution in [-0.2, 0) is 4.79 Å². The zero-order chi connectivity index (χ0) is 16.8. The Hall–Kier alpha value is -2.68. The first-order valence-corrected chi connectivity index (χ1v) is 8.12. The van der Waals surface area contributed by atoms with Gasteiger partial charge in [0.2, 0.25) is 11.7 Å². The van der Waals surface area contributed by atoms with Crippen molar-refractivity contribution in [1.29, 1.82) is 0 Å². The third-order valence-corrected chi connectivity index (χ3v) is 4.05. The number of aromatic nitrogens is 3. The van der Waals surface area contributed by atoms with Crippen molar-refractivity contribution >= 4 is 23.7 Å². The summed E-state index contributed by atoms with van der Waals surface area (Å²) in [4.78, 5) is 12.8. The standard InChI is InChI=1S/C15H13FN4O3S/c16-10-3-5-11(6-4-10)24-9-1-2-13(21)18-15-20-19-14(22-15)12-7-8-17-23-12/h3-8H,1-2,9H2,(H,18,20,21). The van der Waals surface area contributed by atoms with E-state index in [0.29, 0.717) is 18.6 Å². The highest BCUT2D eigenvalue weighted by atomic mass is 32.2. The Bertz CT molecular complexity index is 789. The van der Waals surface area contributed by atoms with Gasteiger partial charge in [-0.05, 0) is 36.4 Å². The summed E-state index contributed by atoms with van der Waals surface area (Å²) in [5, 5.41) is 13.5. The minimum atomic E-state index is -0.261. The van der Waals surface area contributed by atoms with Crippen molar-refractivity contribution in [1.82, 2.24) is 15.4 Å². The second-order valence-electron chi connectivity index (χ2n) is 4.74. The first kappa shape index (κ1) is 16.2. The van der Waals surface area contributed by atoms with Crippen molar-refractivity contribution in [2.24, 2.45) is 0 Å². The number of thioether (sulfide) groups is 1. The zero-order valence-corrected chi connectivity index (χ0v) is 13.3. The van der Waals surface area contributed by atoms with Crippen LogP contribution in [0.5, 0.6) is 0 Å². The number of benzene rings is 1. The minimum absolute atomic E-state index is 0.0117. The van der Waals surface area contributed by atoms with Gasteiger partial charge in [-0.3, -0.25) is 10.1 Å². The third-order valence-electron chi connectivity index (χ3n) is 2.95. The molecule has 24 heavy (non-hydrogen) atoms. The van der Waals surface area contributed by atoms with Gasteiger partial charge < -0.3 is 8.94 Å². The Morgan fingerprint density at radius 2 is 2.04 bits per heavy atom. The molecule has 1 N–H and O–H groups in total. The van der Waals surface area contributed by atoms with E-state index in [1.807, 2.05) is 0 Å². The maximum Gasteiger partial charge on any atom is 0.322 e. The van der Waals surface area contributed by atoms with Crippen LogP contribution >= 0.6 is 11.8 Å². The molecule has 3 aromatic rings. The van der Waals surface area contributed by atoms with Gasteiger partial charge in [-0.25, -0.2) is 4.39 Å². The second kappa shape index (κ2) is 7.73. The fourth-order valence-electron chi connectivity index (χ4n) is 1.83. The summed E-state index contributed by atoms with van der Waals surface area (Å²) in [5.74, 6) is 0.741. The molecule has 2 aromatic heterocycles. The number of halogens is 1. The van der Waals surface area contributed by atoms with Crippen molar-refractivity contribution in [2.75, 3.05) is 11.1 Å². The molecule has 0 saturated heterocycles. The number of nitrogens with zero attached hydrogens (tertiary/aromatic N) is 3. The number of hydrogen-bond donors (Lipinski definition) is 1. The first-order valence-electron chi connectivity index (χ1n) is 7.13. The Kier molecular flexibility index (Phi) is 5.22. The Morgan fingerprint density at radius 3 is 2.79 bits per heavy atom. The highest BCUT2D eigenvalue weighted by molar-refractivity contribution is 7.99. The van der Waals surface area contributed by atoms with Crippen molar-refractivity contribution < 1.29 is 18.1 Å². The number of amides is 1.